The van der Waals surface area contributed by atoms with Crippen molar-refractivity contribution in [3.63, 3.8) is 0 Å². The Labute approximate surface area is 170 Å². The van der Waals surface area contributed by atoms with Gasteiger partial charge in [0.15, 0.2) is 11.5 Å². The third-order valence-corrected chi connectivity index (χ3v) is 4.21. The predicted molar refractivity (Wildman–Crippen MR) is 104 cm³/mol. The summed E-state index contributed by atoms with van der Waals surface area (Å²) in [5, 5.41) is 19.3. The summed E-state index contributed by atoms with van der Waals surface area (Å²) in [5.41, 5.74) is 1.54. The maximum absolute atomic E-state index is 13.2. The van der Waals surface area contributed by atoms with Crippen molar-refractivity contribution < 1.29 is 18.7 Å². The van der Waals surface area contributed by atoms with E-state index < -0.39 is 0 Å². The summed E-state index contributed by atoms with van der Waals surface area (Å²) in [4.78, 5) is 12.3. The highest BCUT2D eigenvalue weighted by molar-refractivity contribution is 5.96. The van der Waals surface area contributed by atoms with E-state index in [4.69, 9.17) is 9.47 Å². The van der Waals surface area contributed by atoms with Crippen molar-refractivity contribution in [3.8, 4) is 23.1 Å². The lowest BCUT2D eigenvalue weighted by molar-refractivity contribution is 0.0943. The number of rotatable bonds is 7. The van der Waals surface area contributed by atoms with E-state index in [1.807, 2.05) is 0 Å². The van der Waals surface area contributed by atoms with Gasteiger partial charge in [-0.1, -0.05) is 0 Å². The Morgan fingerprint density at radius 1 is 1.13 bits per heavy atom. The molecule has 0 aliphatic carbocycles. The number of amides is 1. The van der Waals surface area contributed by atoms with Crippen LogP contribution in [0.25, 0.3) is 17.0 Å². The SMILES string of the molecule is COc1nn(C)cc1C(=O)NCCOc1ccc2nnc(-c3ccc(F)cc3)n2n1. The van der Waals surface area contributed by atoms with Crippen molar-refractivity contribution in [2.45, 2.75) is 0 Å². The lowest BCUT2D eigenvalue weighted by Gasteiger charge is -2.07. The van der Waals surface area contributed by atoms with Gasteiger partial charge >= 0.3 is 0 Å². The van der Waals surface area contributed by atoms with Crippen LogP contribution in [0.15, 0.2) is 42.6 Å². The van der Waals surface area contributed by atoms with Crippen LogP contribution in [0.2, 0.25) is 0 Å². The molecule has 0 aliphatic heterocycles. The first-order chi connectivity index (χ1) is 14.5. The summed E-state index contributed by atoms with van der Waals surface area (Å²) < 4.78 is 26.9. The second kappa shape index (κ2) is 8.15. The number of hydrogen-bond acceptors (Lipinski definition) is 7. The second-order valence-electron chi connectivity index (χ2n) is 6.30. The Hall–Kier alpha value is -4.02. The number of nitrogens with one attached hydrogen (secondary N) is 1. The van der Waals surface area contributed by atoms with Crippen LogP contribution in [0, 0.1) is 5.82 Å². The molecule has 0 unspecified atom stereocenters. The van der Waals surface area contributed by atoms with Crippen LogP contribution in [-0.4, -0.2) is 55.8 Å². The predicted octanol–water partition coefficient (Wildman–Crippen LogP) is 1.48. The minimum absolute atomic E-state index is 0.195. The average Bonchev–Trinajstić information content (AvgIpc) is 3.34. The van der Waals surface area contributed by atoms with Crippen LogP contribution in [-0.2, 0) is 7.05 Å². The average molecular weight is 411 g/mol. The molecule has 0 spiro atoms. The summed E-state index contributed by atoms with van der Waals surface area (Å²) in [6, 6.07) is 9.26. The summed E-state index contributed by atoms with van der Waals surface area (Å²) in [6.45, 7) is 0.449. The Balaban J connectivity index is 1.40. The number of nitrogens with zero attached hydrogens (tertiary/aromatic N) is 6. The van der Waals surface area contributed by atoms with E-state index in [0.29, 0.717) is 28.5 Å². The van der Waals surface area contributed by atoms with Crippen molar-refractivity contribution in [2.24, 2.45) is 7.05 Å². The third kappa shape index (κ3) is 3.90. The topological polar surface area (TPSA) is 108 Å². The van der Waals surface area contributed by atoms with E-state index in [0.717, 1.165) is 0 Å². The highest BCUT2D eigenvalue weighted by Gasteiger charge is 2.16. The first-order valence-corrected chi connectivity index (χ1v) is 9.02. The Morgan fingerprint density at radius 3 is 2.70 bits per heavy atom. The molecule has 11 heteroatoms. The van der Waals surface area contributed by atoms with Crippen LogP contribution in [0.3, 0.4) is 0 Å². The molecule has 0 aliphatic rings. The van der Waals surface area contributed by atoms with Gasteiger partial charge in [-0.15, -0.1) is 20.4 Å². The van der Waals surface area contributed by atoms with Crippen molar-refractivity contribution in [2.75, 3.05) is 20.3 Å². The number of hydrogen-bond donors (Lipinski definition) is 1. The molecule has 10 nitrogen and oxygen atoms in total. The zero-order valence-corrected chi connectivity index (χ0v) is 16.2. The molecule has 30 heavy (non-hydrogen) atoms. The second-order valence-corrected chi connectivity index (χ2v) is 6.30. The Kier molecular flexibility index (Phi) is 5.24. The Bertz CT molecular complexity index is 1190. The van der Waals surface area contributed by atoms with Gasteiger partial charge < -0.3 is 14.8 Å². The van der Waals surface area contributed by atoms with E-state index in [2.05, 4.69) is 25.7 Å². The minimum atomic E-state index is -0.337. The van der Waals surface area contributed by atoms with E-state index in [1.54, 1.807) is 37.5 Å². The quantitative estimate of drug-likeness (QED) is 0.459. The van der Waals surface area contributed by atoms with E-state index in [1.165, 1.54) is 28.4 Å². The Morgan fingerprint density at radius 2 is 1.93 bits per heavy atom. The molecule has 3 heterocycles. The zero-order valence-electron chi connectivity index (χ0n) is 16.2. The smallest absolute Gasteiger partial charge is 0.258 e. The van der Waals surface area contributed by atoms with E-state index in [-0.39, 0.29) is 30.8 Å². The highest BCUT2D eigenvalue weighted by atomic mass is 19.1. The molecule has 154 valence electrons. The highest BCUT2D eigenvalue weighted by Crippen LogP contribution is 2.19. The normalized spacial score (nSPS) is 10.9. The number of ether oxygens (including phenoxy) is 2. The lowest BCUT2D eigenvalue weighted by Crippen LogP contribution is -2.28. The maximum atomic E-state index is 13.2. The van der Waals surface area contributed by atoms with Crippen molar-refractivity contribution in [1.82, 2.24) is 34.9 Å². The first-order valence-electron chi connectivity index (χ1n) is 9.02. The van der Waals surface area contributed by atoms with Gasteiger partial charge in [-0.25, -0.2) is 4.39 Å². The molecule has 0 atom stereocenters. The molecule has 1 aromatic carbocycles. The molecule has 0 saturated carbocycles. The summed E-state index contributed by atoms with van der Waals surface area (Å²) >= 11 is 0. The number of carbonyl (C=O) groups is 1. The van der Waals surface area contributed by atoms with Crippen molar-refractivity contribution in [1.29, 1.82) is 0 Å². The fourth-order valence-corrected chi connectivity index (χ4v) is 2.82. The molecular weight excluding hydrogens is 393 g/mol. The number of carbonyl (C=O) groups excluding carboxylic acids is 1. The monoisotopic (exact) mass is 411 g/mol. The summed E-state index contributed by atoms with van der Waals surface area (Å²) in [5.74, 6) is 0.398. The molecule has 4 aromatic rings. The molecule has 0 radical (unpaired) electrons. The van der Waals surface area contributed by atoms with Gasteiger partial charge in [-0.2, -0.15) is 4.52 Å². The maximum Gasteiger partial charge on any atom is 0.258 e. The van der Waals surface area contributed by atoms with Gasteiger partial charge in [0.25, 0.3) is 5.91 Å². The number of halogens is 1. The fourth-order valence-electron chi connectivity index (χ4n) is 2.82. The summed E-state index contributed by atoms with van der Waals surface area (Å²) in [6.07, 6.45) is 1.58. The zero-order chi connectivity index (χ0) is 21.1. The van der Waals surface area contributed by atoms with Crippen LogP contribution in [0.1, 0.15) is 10.4 Å². The lowest BCUT2D eigenvalue weighted by atomic mass is 10.2. The van der Waals surface area contributed by atoms with Crippen LogP contribution < -0.4 is 14.8 Å². The van der Waals surface area contributed by atoms with Crippen molar-refractivity contribution >= 4 is 11.6 Å². The summed E-state index contributed by atoms with van der Waals surface area (Å²) in [7, 11) is 3.16. The molecule has 0 saturated heterocycles. The first kappa shape index (κ1) is 19.3. The largest absolute Gasteiger partial charge is 0.479 e. The molecule has 1 amide bonds. The van der Waals surface area contributed by atoms with Crippen LogP contribution in [0.5, 0.6) is 11.8 Å². The van der Waals surface area contributed by atoms with Crippen molar-refractivity contribution in [3.05, 3.63) is 54.0 Å². The molecule has 0 fully saturated rings. The van der Waals surface area contributed by atoms with E-state index >= 15 is 0 Å². The number of methoxy groups -OCH3 is 1. The van der Waals surface area contributed by atoms with Gasteiger partial charge in [0.1, 0.15) is 18.0 Å². The molecule has 4 rings (SSSR count). The van der Waals surface area contributed by atoms with Crippen LogP contribution in [0.4, 0.5) is 4.39 Å². The third-order valence-electron chi connectivity index (χ3n) is 4.21. The standard InChI is InChI=1S/C19H18FN7O3/c1-26-11-14(19(25-26)29-2)18(28)21-9-10-30-16-8-7-15-22-23-17(27(15)24-16)12-3-5-13(20)6-4-12/h3-8,11H,9-10H2,1-2H3,(H,21,28). The molecule has 1 N–H and O–H groups in total. The molecular formula is C19H18FN7O3. The minimum Gasteiger partial charge on any atom is -0.479 e. The number of aromatic nitrogens is 6. The van der Waals surface area contributed by atoms with Gasteiger partial charge in [0, 0.05) is 24.9 Å². The molecule has 0 bridgehead atoms. The molecule has 3 aromatic heterocycles. The fraction of sp³-hybridized carbons (Fsp3) is 0.211. The van der Waals surface area contributed by atoms with Crippen LogP contribution >= 0.6 is 0 Å². The van der Waals surface area contributed by atoms with Gasteiger partial charge in [0.2, 0.25) is 11.8 Å². The van der Waals surface area contributed by atoms with Gasteiger partial charge in [-0.05, 0) is 30.3 Å². The van der Waals surface area contributed by atoms with E-state index in [9.17, 15) is 9.18 Å². The number of aryl methyl sites for hydroxylation is 1. The van der Waals surface area contributed by atoms with Gasteiger partial charge in [0.05, 0.1) is 13.7 Å². The number of benzene rings is 1. The number of fused-ring (bicyclic) bond motifs is 1. The van der Waals surface area contributed by atoms with Gasteiger partial charge in [-0.3, -0.25) is 9.48 Å².